The van der Waals surface area contributed by atoms with E-state index in [0.717, 1.165) is 6.92 Å². The van der Waals surface area contributed by atoms with E-state index in [4.69, 9.17) is 15.3 Å². The Kier molecular flexibility index (Phi) is 3.88. The van der Waals surface area contributed by atoms with E-state index in [-0.39, 0.29) is 0 Å². The summed E-state index contributed by atoms with van der Waals surface area (Å²) in [6.07, 6.45) is -3.14. The van der Waals surface area contributed by atoms with Crippen LogP contribution in [0.15, 0.2) is 0 Å². The molecule has 5 nitrogen and oxygen atoms in total. The van der Waals surface area contributed by atoms with E-state index in [0.29, 0.717) is 0 Å². The van der Waals surface area contributed by atoms with Crippen LogP contribution < -0.4 is 0 Å². The Hall–Kier alpha value is -0.780. The second kappa shape index (κ2) is 4.17. The molecule has 0 spiro atoms. The van der Waals surface area contributed by atoms with Gasteiger partial charge in [-0.15, -0.1) is 0 Å². The molecule has 0 bridgehead atoms. The van der Waals surface area contributed by atoms with Gasteiger partial charge in [0.25, 0.3) is 0 Å². The van der Waals surface area contributed by atoms with Gasteiger partial charge in [-0.05, 0) is 6.92 Å². The van der Waals surface area contributed by atoms with Crippen LogP contribution in [0.4, 0.5) is 0 Å². The Morgan fingerprint density at radius 1 is 1.27 bits per heavy atom. The van der Waals surface area contributed by atoms with E-state index in [1.807, 2.05) is 0 Å². The van der Waals surface area contributed by atoms with E-state index in [1.165, 1.54) is 0 Å². The molecule has 0 aliphatic rings. The Morgan fingerprint density at radius 3 is 2.00 bits per heavy atom. The van der Waals surface area contributed by atoms with Crippen molar-refractivity contribution in [2.75, 3.05) is 6.61 Å². The highest BCUT2D eigenvalue weighted by Crippen LogP contribution is 1.91. The third-order valence-electron chi connectivity index (χ3n) is 1.10. The first-order valence-corrected chi connectivity index (χ1v) is 3.05. The molecule has 0 amide bonds. The van der Waals surface area contributed by atoms with Gasteiger partial charge in [-0.1, -0.05) is 0 Å². The minimum absolute atomic E-state index is 0.808. The van der Waals surface area contributed by atoms with Crippen LogP contribution in [-0.2, 0) is 9.59 Å². The monoisotopic (exact) mass is 162 g/mol. The summed E-state index contributed by atoms with van der Waals surface area (Å²) in [6.45, 7) is 0.307. The van der Waals surface area contributed by atoms with Gasteiger partial charge < -0.3 is 15.3 Å². The lowest BCUT2D eigenvalue weighted by atomic mass is 10.1. The molecule has 0 aromatic heterocycles. The number of aliphatic hydroxyl groups excluding tert-OH is 3. The molecule has 5 heteroatoms. The summed E-state index contributed by atoms with van der Waals surface area (Å²) in [6, 6.07) is 0. The van der Waals surface area contributed by atoms with Crippen LogP contribution in [0, 0.1) is 0 Å². The first-order valence-electron chi connectivity index (χ1n) is 3.05. The van der Waals surface area contributed by atoms with Crippen molar-refractivity contribution in [1.82, 2.24) is 0 Å². The summed E-state index contributed by atoms with van der Waals surface area (Å²) < 4.78 is 0. The summed E-state index contributed by atoms with van der Waals surface area (Å²) >= 11 is 0. The predicted octanol–water partition coefficient (Wildman–Crippen LogP) is -2.14. The van der Waals surface area contributed by atoms with Crippen molar-refractivity contribution in [3.8, 4) is 0 Å². The summed E-state index contributed by atoms with van der Waals surface area (Å²) in [5.74, 6) is -2.26. The third-order valence-corrected chi connectivity index (χ3v) is 1.10. The maximum Gasteiger partial charge on any atom is 0.231 e. The molecular formula is C6H10O5. The Labute approximate surface area is 63.3 Å². The van der Waals surface area contributed by atoms with Crippen LogP contribution in [-0.4, -0.2) is 45.7 Å². The van der Waals surface area contributed by atoms with Gasteiger partial charge in [-0.25, -0.2) is 0 Å². The highest BCUT2D eigenvalue weighted by atomic mass is 16.3. The van der Waals surface area contributed by atoms with E-state index >= 15 is 0 Å². The van der Waals surface area contributed by atoms with E-state index in [2.05, 4.69) is 0 Å². The van der Waals surface area contributed by atoms with E-state index < -0.39 is 30.4 Å². The fourth-order valence-corrected chi connectivity index (χ4v) is 0.453. The fourth-order valence-electron chi connectivity index (χ4n) is 0.453. The molecule has 2 atom stereocenters. The number of hydrogen-bond acceptors (Lipinski definition) is 5. The van der Waals surface area contributed by atoms with Gasteiger partial charge in [-0.3, -0.25) is 9.59 Å². The predicted molar refractivity (Wildman–Crippen MR) is 34.8 cm³/mol. The van der Waals surface area contributed by atoms with Crippen LogP contribution in [0.25, 0.3) is 0 Å². The molecule has 0 radical (unpaired) electrons. The number of carbonyl (C=O) groups is 2. The maximum absolute atomic E-state index is 10.6. The number of hydrogen-bond donors (Lipinski definition) is 3. The van der Waals surface area contributed by atoms with Crippen molar-refractivity contribution in [3.05, 3.63) is 0 Å². The number of rotatable bonds is 4. The lowest BCUT2D eigenvalue weighted by molar-refractivity contribution is -0.146. The topological polar surface area (TPSA) is 94.8 Å². The largest absolute Gasteiger partial charge is 0.393 e. The minimum Gasteiger partial charge on any atom is -0.393 e. The normalized spacial score (nSPS) is 15.6. The number of aliphatic hydroxyl groups is 3. The summed E-state index contributed by atoms with van der Waals surface area (Å²) in [7, 11) is 0. The van der Waals surface area contributed by atoms with Gasteiger partial charge in [0.05, 0.1) is 6.61 Å². The van der Waals surface area contributed by atoms with Crippen LogP contribution in [0.1, 0.15) is 6.92 Å². The molecule has 0 aromatic rings. The Bertz CT molecular complexity index is 162. The van der Waals surface area contributed by atoms with Gasteiger partial charge in [0, 0.05) is 0 Å². The standard InChI is InChI=1S/C6H10O5/c1-3(8)5(10)6(11)4(9)2-7/h3-4,7-9H,2H2,1H3/t3?,4-/m0/s1. The Morgan fingerprint density at radius 2 is 1.73 bits per heavy atom. The van der Waals surface area contributed by atoms with Gasteiger partial charge >= 0.3 is 0 Å². The zero-order valence-corrected chi connectivity index (χ0v) is 6.02. The Balaban J connectivity index is 4.14. The van der Waals surface area contributed by atoms with Crippen molar-refractivity contribution >= 4 is 11.6 Å². The molecule has 0 heterocycles. The number of Topliss-reactive ketones (excluding diaryl/α,β-unsaturated/α-hetero) is 2. The average molecular weight is 162 g/mol. The van der Waals surface area contributed by atoms with Crippen LogP contribution in [0.3, 0.4) is 0 Å². The molecule has 0 aromatic carbocycles. The summed E-state index contributed by atoms with van der Waals surface area (Å²) in [4.78, 5) is 21.2. The maximum atomic E-state index is 10.6. The minimum atomic E-state index is -1.71. The molecule has 0 saturated carbocycles. The van der Waals surface area contributed by atoms with Gasteiger partial charge in [-0.2, -0.15) is 0 Å². The molecule has 64 valence electrons. The highest BCUT2D eigenvalue weighted by Gasteiger charge is 2.25. The molecule has 3 N–H and O–H groups in total. The van der Waals surface area contributed by atoms with E-state index in [9.17, 15) is 9.59 Å². The average Bonchev–Trinajstić information content (AvgIpc) is 2.00. The highest BCUT2D eigenvalue weighted by molar-refractivity contribution is 6.40. The second-order valence-corrected chi connectivity index (χ2v) is 2.10. The SMILES string of the molecule is CC(O)C(=O)C(=O)[C@@H](O)CO. The fraction of sp³-hybridized carbons (Fsp3) is 0.667. The van der Waals surface area contributed by atoms with Crippen molar-refractivity contribution in [1.29, 1.82) is 0 Å². The summed E-state index contributed by atoms with van der Waals surface area (Å²) in [5.41, 5.74) is 0. The lowest BCUT2D eigenvalue weighted by Crippen LogP contribution is -2.36. The third kappa shape index (κ3) is 2.75. The molecule has 0 fully saturated rings. The molecule has 0 aliphatic heterocycles. The molecule has 11 heavy (non-hydrogen) atoms. The van der Waals surface area contributed by atoms with E-state index in [1.54, 1.807) is 0 Å². The molecular weight excluding hydrogens is 152 g/mol. The zero-order chi connectivity index (χ0) is 9.02. The lowest BCUT2D eigenvalue weighted by Gasteiger charge is -2.05. The van der Waals surface area contributed by atoms with Gasteiger partial charge in [0.15, 0.2) is 0 Å². The molecule has 0 aliphatic carbocycles. The van der Waals surface area contributed by atoms with Crippen LogP contribution in [0.2, 0.25) is 0 Å². The quantitative estimate of drug-likeness (QED) is 0.410. The first kappa shape index (κ1) is 10.2. The number of carbonyl (C=O) groups excluding carboxylic acids is 2. The second-order valence-electron chi connectivity index (χ2n) is 2.10. The van der Waals surface area contributed by atoms with Crippen molar-refractivity contribution in [3.63, 3.8) is 0 Å². The van der Waals surface area contributed by atoms with Crippen molar-refractivity contribution < 1.29 is 24.9 Å². The first-order chi connectivity index (χ1) is 5.00. The number of ketones is 2. The van der Waals surface area contributed by atoms with Gasteiger partial charge in [0.2, 0.25) is 11.6 Å². The van der Waals surface area contributed by atoms with Crippen molar-refractivity contribution in [2.24, 2.45) is 0 Å². The summed E-state index contributed by atoms with van der Waals surface area (Å²) in [5, 5.41) is 25.4. The molecule has 0 rings (SSSR count). The molecule has 1 unspecified atom stereocenters. The van der Waals surface area contributed by atoms with Gasteiger partial charge in [0.1, 0.15) is 12.2 Å². The smallest absolute Gasteiger partial charge is 0.231 e. The van der Waals surface area contributed by atoms with Crippen molar-refractivity contribution in [2.45, 2.75) is 19.1 Å². The molecule has 0 saturated heterocycles. The van der Waals surface area contributed by atoms with Crippen LogP contribution in [0.5, 0.6) is 0 Å². The zero-order valence-electron chi connectivity index (χ0n) is 6.02. The van der Waals surface area contributed by atoms with Crippen LogP contribution >= 0.6 is 0 Å².